The maximum atomic E-state index is 5.06. The molecule has 2 aromatic rings. The highest BCUT2D eigenvalue weighted by Crippen LogP contribution is 2.16. The minimum atomic E-state index is 0.805. The summed E-state index contributed by atoms with van der Waals surface area (Å²) in [4.78, 5) is 4.75. The van der Waals surface area contributed by atoms with Gasteiger partial charge in [0.15, 0.2) is 0 Å². The van der Waals surface area contributed by atoms with Crippen molar-refractivity contribution in [1.82, 2.24) is 14.9 Å². The molecule has 0 unspecified atom stereocenters. The first-order valence-electron chi connectivity index (χ1n) is 7.50. The van der Waals surface area contributed by atoms with E-state index in [-0.39, 0.29) is 0 Å². The van der Waals surface area contributed by atoms with Crippen molar-refractivity contribution in [2.75, 3.05) is 20.3 Å². The van der Waals surface area contributed by atoms with Gasteiger partial charge in [-0.3, -0.25) is 0 Å². The van der Waals surface area contributed by atoms with E-state index < -0.39 is 0 Å². The molecule has 0 aliphatic heterocycles. The number of aryl methyl sites for hydroxylation is 1. The molecule has 4 heteroatoms. The summed E-state index contributed by atoms with van der Waals surface area (Å²) in [6.07, 6.45) is 3.43. The van der Waals surface area contributed by atoms with Crippen LogP contribution in [0.1, 0.15) is 32.0 Å². The first-order valence-corrected chi connectivity index (χ1v) is 7.50. The smallest absolute Gasteiger partial charge is 0.123 e. The lowest BCUT2D eigenvalue weighted by Gasteiger charge is -2.09. The Morgan fingerprint density at radius 2 is 2.10 bits per heavy atom. The summed E-state index contributed by atoms with van der Waals surface area (Å²) in [6, 6.07) is 8.39. The van der Waals surface area contributed by atoms with Gasteiger partial charge in [0.2, 0.25) is 0 Å². The number of para-hydroxylation sites is 2. The van der Waals surface area contributed by atoms with Crippen molar-refractivity contribution in [3.05, 3.63) is 30.1 Å². The molecule has 0 fully saturated rings. The molecule has 20 heavy (non-hydrogen) atoms. The fourth-order valence-corrected chi connectivity index (χ4v) is 2.37. The highest BCUT2D eigenvalue weighted by atomic mass is 16.5. The third kappa shape index (κ3) is 3.81. The minimum absolute atomic E-state index is 0.805. The van der Waals surface area contributed by atoms with Crippen LogP contribution in [-0.4, -0.2) is 29.8 Å². The summed E-state index contributed by atoms with van der Waals surface area (Å²) in [5, 5.41) is 3.45. The fraction of sp³-hybridized carbons (Fsp3) is 0.562. The van der Waals surface area contributed by atoms with E-state index in [2.05, 4.69) is 41.1 Å². The van der Waals surface area contributed by atoms with Crippen molar-refractivity contribution in [3.63, 3.8) is 0 Å². The minimum Gasteiger partial charge on any atom is -0.385 e. The molecule has 0 amide bonds. The molecule has 0 aliphatic carbocycles. The number of hydrogen-bond acceptors (Lipinski definition) is 3. The molecule has 1 N–H and O–H groups in total. The van der Waals surface area contributed by atoms with Crippen LogP contribution >= 0.6 is 0 Å². The first kappa shape index (κ1) is 15.0. The molecule has 2 rings (SSSR count). The Morgan fingerprint density at radius 3 is 2.90 bits per heavy atom. The molecule has 0 aliphatic rings. The van der Waals surface area contributed by atoms with Gasteiger partial charge in [0.05, 0.1) is 17.6 Å². The van der Waals surface area contributed by atoms with Gasteiger partial charge in [0.1, 0.15) is 5.82 Å². The van der Waals surface area contributed by atoms with Gasteiger partial charge in [0.25, 0.3) is 0 Å². The Kier molecular flexibility index (Phi) is 6.02. The monoisotopic (exact) mass is 275 g/mol. The highest BCUT2D eigenvalue weighted by molar-refractivity contribution is 5.75. The van der Waals surface area contributed by atoms with Crippen LogP contribution in [0.4, 0.5) is 0 Å². The van der Waals surface area contributed by atoms with Crippen LogP contribution in [-0.2, 0) is 17.8 Å². The number of fused-ring (bicyclic) bond motifs is 1. The number of ether oxygens (including phenoxy) is 1. The predicted octanol–water partition coefficient (Wildman–Crippen LogP) is 2.96. The van der Waals surface area contributed by atoms with Crippen LogP contribution in [0.25, 0.3) is 11.0 Å². The molecular formula is C16H25N3O. The zero-order valence-corrected chi connectivity index (χ0v) is 12.6. The van der Waals surface area contributed by atoms with Crippen LogP contribution in [0.2, 0.25) is 0 Å². The lowest BCUT2D eigenvalue weighted by Crippen LogP contribution is -2.19. The van der Waals surface area contributed by atoms with E-state index in [1.165, 1.54) is 18.4 Å². The van der Waals surface area contributed by atoms with Crippen LogP contribution in [0.5, 0.6) is 0 Å². The van der Waals surface area contributed by atoms with Crippen molar-refractivity contribution >= 4 is 11.0 Å². The number of aromatic nitrogens is 2. The van der Waals surface area contributed by atoms with Gasteiger partial charge in [-0.15, -0.1) is 0 Å². The van der Waals surface area contributed by atoms with Crippen molar-refractivity contribution in [1.29, 1.82) is 0 Å². The van der Waals surface area contributed by atoms with E-state index in [4.69, 9.17) is 9.72 Å². The number of unbranched alkanes of at least 4 members (excludes halogenated alkanes) is 1. The van der Waals surface area contributed by atoms with Crippen molar-refractivity contribution in [2.24, 2.45) is 0 Å². The van der Waals surface area contributed by atoms with Gasteiger partial charge in [0, 0.05) is 20.3 Å². The number of imidazole rings is 1. The van der Waals surface area contributed by atoms with Crippen LogP contribution in [0.15, 0.2) is 24.3 Å². The molecule has 110 valence electrons. The van der Waals surface area contributed by atoms with E-state index in [0.717, 1.165) is 44.0 Å². The average molecular weight is 275 g/mol. The summed E-state index contributed by atoms with van der Waals surface area (Å²) in [7, 11) is 1.74. The Morgan fingerprint density at radius 1 is 1.25 bits per heavy atom. The molecule has 1 heterocycles. The Bertz CT molecular complexity index is 521. The Hall–Kier alpha value is -1.39. The van der Waals surface area contributed by atoms with Crippen LogP contribution < -0.4 is 5.32 Å². The number of hydrogen-bond donors (Lipinski definition) is 1. The maximum absolute atomic E-state index is 5.06. The molecule has 0 saturated carbocycles. The average Bonchev–Trinajstić information content (AvgIpc) is 2.82. The second-order valence-corrected chi connectivity index (χ2v) is 5.05. The summed E-state index contributed by atoms with van der Waals surface area (Å²) < 4.78 is 7.41. The van der Waals surface area contributed by atoms with Gasteiger partial charge in [-0.25, -0.2) is 4.98 Å². The van der Waals surface area contributed by atoms with E-state index in [9.17, 15) is 0 Å². The first-order chi connectivity index (χ1) is 9.86. The molecule has 0 spiro atoms. The summed E-state index contributed by atoms with van der Waals surface area (Å²) in [5.74, 6) is 1.14. The number of nitrogens with one attached hydrogen (secondary N) is 1. The Balaban J connectivity index is 2.05. The standard InChI is InChI=1S/C16H25N3O/c1-3-4-11-19-15-9-6-5-8-14(15)18-16(19)13-17-10-7-12-20-2/h5-6,8-9,17H,3-4,7,10-13H2,1-2H3. The zero-order chi connectivity index (χ0) is 14.2. The second-order valence-electron chi connectivity index (χ2n) is 5.05. The van der Waals surface area contributed by atoms with E-state index in [1.54, 1.807) is 7.11 Å². The molecule has 0 saturated heterocycles. The highest BCUT2D eigenvalue weighted by Gasteiger charge is 2.09. The number of methoxy groups -OCH3 is 1. The normalized spacial score (nSPS) is 11.3. The van der Waals surface area contributed by atoms with E-state index in [0.29, 0.717) is 0 Å². The topological polar surface area (TPSA) is 39.1 Å². The van der Waals surface area contributed by atoms with E-state index in [1.807, 2.05) is 0 Å². The summed E-state index contributed by atoms with van der Waals surface area (Å²) in [6.45, 7) is 5.86. The zero-order valence-electron chi connectivity index (χ0n) is 12.6. The summed E-state index contributed by atoms with van der Waals surface area (Å²) >= 11 is 0. The molecule has 0 atom stereocenters. The number of rotatable bonds is 9. The molecular weight excluding hydrogens is 250 g/mol. The fourth-order valence-electron chi connectivity index (χ4n) is 2.37. The van der Waals surface area contributed by atoms with Gasteiger partial charge in [-0.1, -0.05) is 25.5 Å². The second kappa shape index (κ2) is 8.02. The molecule has 1 aromatic heterocycles. The molecule has 0 radical (unpaired) electrons. The van der Waals surface area contributed by atoms with E-state index >= 15 is 0 Å². The quantitative estimate of drug-likeness (QED) is 0.715. The molecule has 1 aromatic carbocycles. The SMILES string of the molecule is CCCCn1c(CNCCCOC)nc2ccccc21. The third-order valence-electron chi connectivity index (χ3n) is 3.45. The Labute approximate surface area is 121 Å². The largest absolute Gasteiger partial charge is 0.385 e. The maximum Gasteiger partial charge on any atom is 0.123 e. The lowest BCUT2D eigenvalue weighted by atomic mass is 10.3. The molecule has 0 bridgehead atoms. The van der Waals surface area contributed by atoms with Gasteiger partial charge in [-0.2, -0.15) is 0 Å². The van der Waals surface area contributed by atoms with Crippen molar-refractivity contribution in [2.45, 2.75) is 39.3 Å². The predicted molar refractivity (Wildman–Crippen MR) is 82.8 cm³/mol. The van der Waals surface area contributed by atoms with Gasteiger partial charge < -0.3 is 14.6 Å². The number of benzene rings is 1. The summed E-state index contributed by atoms with van der Waals surface area (Å²) in [5.41, 5.74) is 2.34. The molecule has 4 nitrogen and oxygen atoms in total. The van der Waals surface area contributed by atoms with Crippen molar-refractivity contribution < 1.29 is 4.74 Å². The van der Waals surface area contributed by atoms with Gasteiger partial charge >= 0.3 is 0 Å². The number of nitrogens with zero attached hydrogens (tertiary/aromatic N) is 2. The van der Waals surface area contributed by atoms with Crippen LogP contribution in [0.3, 0.4) is 0 Å². The van der Waals surface area contributed by atoms with Crippen molar-refractivity contribution in [3.8, 4) is 0 Å². The van der Waals surface area contributed by atoms with Gasteiger partial charge in [-0.05, 0) is 31.5 Å². The lowest BCUT2D eigenvalue weighted by molar-refractivity contribution is 0.194. The van der Waals surface area contributed by atoms with Crippen LogP contribution in [0, 0.1) is 0 Å². The third-order valence-corrected chi connectivity index (χ3v) is 3.45.